The summed E-state index contributed by atoms with van der Waals surface area (Å²) in [7, 11) is 1.90. The van der Waals surface area contributed by atoms with Gasteiger partial charge in [-0.05, 0) is 37.1 Å². The standard InChI is InChI=1S/C13H15BrN2O/c1-9-4-12(5-10(2)13(9)14)17-8-11-6-15-16(3)7-11/h4-7H,8H2,1-3H3. The molecule has 4 heteroatoms. The molecule has 0 radical (unpaired) electrons. The maximum Gasteiger partial charge on any atom is 0.120 e. The molecule has 17 heavy (non-hydrogen) atoms. The average Bonchev–Trinajstić information content (AvgIpc) is 2.69. The predicted octanol–water partition coefficient (Wildman–Crippen LogP) is 3.38. The molecule has 0 saturated carbocycles. The van der Waals surface area contributed by atoms with Crippen LogP contribution in [-0.4, -0.2) is 9.78 Å². The van der Waals surface area contributed by atoms with Crippen molar-refractivity contribution in [2.45, 2.75) is 20.5 Å². The molecule has 0 bridgehead atoms. The average molecular weight is 295 g/mol. The molecule has 0 amide bonds. The first kappa shape index (κ1) is 12.2. The van der Waals surface area contributed by atoms with Gasteiger partial charge in [-0.3, -0.25) is 4.68 Å². The van der Waals surface area contributed by atoms with Crippen LogP contribution in [-0.2, 0) is 13.7 Å². The number of rotatable bonds is 3. The first-order chi connectivity index (χ1) is 8.06. The van der Waals surface area contributed by atoms with Crippen molar-refractivity contribution < 1.29 is 4.74 Å². The second-order valence-electron chi connectivity index (χ2n) is 4.18. The van der Waals surface area contributed by atoms with Gasteiger partial charge in [0.1, 0.15) is 12.4 Å². The van der Waals surface area contributed by atoms with Crippen LogP contribution < -0.4 is 4.74 Å². The van der Waals surface area contributed by atoms with Gasteiger partial charge in [-0.2, -0.15) is 5.10 Å². The van der Waals surface area contributed by atoms with Crippen molar-refractivity contribution >= 4 is 15.9 Å². The lowest BCUT2D eigenvalue weighted by Crippen LogP contribution is -1.95. The smallest absolute Gasteiger partial charge is 0.120 e. The summed E-state index contributed by atoms with van der Waals surface area (Å²) in [6, 6.07) is 4.07. The highest BCUT2D eigenvalue weighted by Gasteiger charge is 2.04. The van der Waals surface area contributed by atoms with Crippen LogP contribution >= 0.6 is 15.9 Å². The summed E-state index contributed by atoms with van der Waals surface area (Å²) in [6.45, 7) is 4.68. The number of aromatic nitrogens is 2. The Labute approximate surface area is 110 Å². The van der Waals surface area contributed by atoms with E-state index >= 15 is 0 Å². The van der Waals surface area contributed by atoms with Crippen LogP contribution in [0.2, 0.25) is 0 Å². The molecule has 2 aromatic rings. The van der Waals surface area contributed by atoms with Crippen molar-refractivity contribution in [3.05, 3.63) is 45.7 Å². The number of hydrogen-bond acceptors (Lipinski definition) is 2. The van der Waals surface area contributed by atoms with E-state index in [0.717, 1.165) is 15.8 Å². The zero-order valence-electron chi connectivity index (χ0n) is 10.2. The Bertz CT molecular complexity index is 511. The second-order valence-corrected chi connectivity index (χ2v) is 4.97. The summed E-state index contributed by atoms with van der Waals surface area (Å²) < 4.78 is 8.67. The third-order valence-corrected chi connectivity index (χ3v) is 3.82. The minimum atomic E-state index is 0.550. The minimum absolute atomic E-state index is 0.550. The van der Waals surface area contributed by atoms with Crippen molar-refractivity contribution in [3.8, 4) is 5.75 Å². The molecule has 0 aliphatic carbocycles. The zero-order chi connectivity index (χ0) is 12.4. The Balaban J connectivity index is 2.09. The molecule has 0 N–H and O–H groups in total. The third-order valence-electron chi connectivity index (χ3n) is 2.57. The van der Waals surface area contributed by atoms with Crippen LogP contribution in [0, 0.1) is 13.8 Å². The molecule has 0 aliphatic rings. The first-order valence-electron chi connectivity index (χ1n) is 5.43. The molecular weight excluding hydrogens is 280 g/mol. The van der Waals surface area contributed by atoms with E-state index in [1.807, 2.05) is 31.6 Å². The van der Waals surface area contributed by atoms with E-state index in [2.05, 4.69) is 34.9 Å². The van der Waals surface area contributed by atoms with Crippen LogP contribution in [0.15, 0.2) is 29.0 Å². The van der Waals surface area contributed by atoms with Crippen LogP contribution in [0.5, 0.6) is 5.75 Å². The van der Waals surface area contributed by atoms with Gasteiger partial charge in [-0.1, -0.05) is 15.9 Å². The zero-order valence-corrected chi connectivity index (χ0v) is 11.8. The molecule has 0 aliphatic heterocycles. The first-order valence-corrected chi connectivity index (χ1v) is 6.22. The molecule has 2 rings (SSSR count). The fraction of sp³-hybridized carbons (Fsp3) is 0.308. The van der Waals surface area contributed by atoms with Gasteiger partial charge < -0.3 is 4.74 Å². The predicted molar refractivity (Wildman–Crippen MR) is 71.2 cm³/mol. The Hall–Kier alpha value is -1.29. The van der Waals surface area contributed by atoms with E-state index in [4.69, 9.17) is 4.74 Å². The molecule has 90 valence electrons. The summed E-state index contributed by atoms with van der Waals surface area (Å²) in [4.78, 5) is 0. The topological polar surface area (TPSA) is 27.1 Å². The summed E-state index contributed by atoms with van der Waals surface area (Å²) in [5.41, 5.74) is 3.45. The molecule has 0 spiro atoms. The van der Waals surface area contributed by atoms with Crippen molar-refractivity contribution in [1.82, 2.24) is 9.78 Å². The van der Waals surface area contributed by atoms with E-state index in [1.54, 1.807) is 4.68 Å². The van der Waals surface area contributed by atoms with Crippen LogP contribution in [0.25, 0.3) is 0 Å². The summed E-state index contributed by atoms with van der Waals surface area (Å²) in [6.07, 6.45) is 3.77. The number of hydrogen-bond donors (Lipinski definition) is 0. The maximum absolute atomic E-state index is 5.75. The van der Waals surface area contributed by atoms with Crippen molar-refractivity contribution in [1.29, 1.82) is 0 Å². The van der Waals surface area contributed by atoms with E-state index in [9.17, 15) is 0 Å². The molecule has 0 unspecified atom stereocenters. The van der Waals surface area contributed by atoms with Crippen LogP contribution in [0.1, 0.15) is 16.7 Å². The van der Waals surface area contributed by atoms with Gasteiger partial charge in [0.2, 0.25) is 0 Å². The molecule has 0 saturated heterocycles. The van der Waals surface area contributed by atoms with Gasteiger partial charge in [0.15, 0.2) is 0 Å². The number of benzene rings is 1. The van der Waals surface area contributed by atoms with E-state index in [-0.39, 0.29) is 0 Å². The van der Waals surface area contributed by atoms with Crippen molar-refractivity contribution in [2.75, 3.05) is 0 Å². The molecule has 0 atom stereocenters. The van der Waals surface area contributed by atoms with Crippen LogP contribution in [0.4, 0.5) is 0 Å². The Morgan fingerprint density at radius 3 is 2.47 bits per heavy atom. The molecule has 1 aromatic heterocycles. The molecule has 3 nitrogen and oxygen atoms in total. The quantitative estimate of drug-likeness (QED) is 0.868. The minimum Gasteiger partial charge on any atom is -0.489 e. The lowest BCUT2D eigenvalue weighted by Gasteiger charge is -2.09. The van der Waals surface area contributed by atoms with E-state index in [0.29, 0.717) is 6.61 Å². The van der Waals surface area contributed by atoms with Crippen molar-refractivity contribution in [3.63, 3.8) is 0 Å². The SMILES string of the molecule is Cc1cc(OCc2cnn(C)c2)cc(C)c1Br. The molecule has 1 heterocycles. The van der Waals surface area contributed by atoms with Gasteiger partial charge in [-0.25, -0.2) is 0 Å². The van der Waals surface area contributed by atoms with Gasteiger partial charge >= 0.3 is 0 Å². The highest BCUT2D eigenvalue weighted by atomic mass is 79.9. The number of ether oxygens (including phenoxy) is 1. The fourth-order valence-corrected chi connectivity index (χ4v) is 1.93. The fourth-order valence-electron chi connectivity index (χ4n) is 1.70. The van der Waals surface area contributed by atoms with E-state index in [1.165, 1.54) is 11.1 Å². The highest BCUT2D eigenvalue weighted by Crippen LogP contribution is 2.26. The van der Waals surface area contributed by atoms with E-state index < -0.39 is 0 Å². The van der Waals surface area contributed by atoms with Crippen LogP contribution in [0.3, 0.4) is 0 Å². The molecule has 1 aromatic carbocycles. The lowest BCUT2D eigenvalue weighted by molar-refractivity contribution is 0.305. The summed E-state index contributed by atoms with van der Waals surface area (Å²) >= 11 is 3.54. The monoisotopic (exact) mass is 294 g/mol. The normalized spacial score (nSPS) is 10.6. The molecule has 0 fully saturated rings. The largest absolute Gasteiger partial charge is 0.489 e. The Kier molecular flexibility index (Phi) is 3.52. The highest BCUT2D eigenvalue weighted by molar-refractivity contribution is 9.10. The maximum atomic E-state index is 5.75. The Morgan fingerprint density at radius 2 is 1.94 bits per heavy atom. The van der Waals surface area contributed by atoms with Gasteiger partial charge in [0, 0.05) is 23.3 Å². The summed E-state index contributed by atoms with van der Waals surface area (Å²) in [5, 5.41) is 4.11. The number of nitrogens with zero attached hydrogens (tertiary/aromatic N) is 2. The lowest BCUT2D eigenvalue weighted by atomic mass is 10.1. The second kappa shape index (κ2) is 4.92. The molecular formula is C13H15BrN2O. The number of aryl methyl sites for hydroxylation is 3. The van der Waals surface area contributed by atoms with Gasteiger partial charge in [0.25, 0.3) is 0 Å². The Morgan fingerprint density at radius 1 is 1.29 bits per heavy atom. The van der Waals surface area contributed by atoms with Gasteiger partial charge in [-0.15, -0.1) is 0 Å². The summed E-state index contributed by atoms with van der Waals surface area (Å²) in [5.74, 6) is 0.895. The third kappa shape index (κ3) is 2.88. The number of halogens is 1. The van der Waals surface area contributed by atoms with Crippen molar-refractivity contribution in [2.24, 2.45) is 7.05 Å². The van der Waals surface area contributed by atoms with Gasteiger partial charge in [0.05, 0.1) is 6.20 Å².